The largest absolute Gasteiger partial charge is 0.221 e. The van der Waals surface area contributed by atoms with Crippen LogP contribution in [-0.4, -0.2) is 15.0 Å². The van der Waals surface area contributed by atoms with Crippen LogP contribution >= 0.6 is 0 Å². The molecule has 0 bridgehead atoms. The summed E-state index contributed by atoms with van der Waals surface area (Å²) in [5, 5.41) is 7.62. The molecule has 0 saturated heterocycles. The summed E-state index contributed by atoms with van der Waals surface area (Å²) in [6.45, 7) is 2.06. The lowest BCUT2D eigenvalue weighted by Crippen LogP contribution is -1.94. The van der Waals surface area contributed by atoms with Gasteiger partial charge in [-0.25, -0.2) is 4.68 Å². The van der Waals surface area contributed by atoms with Crippen LogP contribution < -0.4 is 0 Å². The van der Waals surface area contributed by atoms with Crippen molar-refractivity contribution in [3.05, 3.63) is 42.2 Å². The van der Waals surface area contributed by atoms with Crippen molar-refractivity contribution in [3.63, 3.8) is 0 Å². The van der Waals surface area contributed by atoms with E-state index in [1.807, 2.05) is 18.3 Å². The van der Waals surface area contributed by atoms with Crippen LogP contribution in [0.3, 0.4) is 0 Å². The monoisotopic (exact) mass is 159 g/mol. The van der Waals surface area contributed by atoms with E-state index in [1.54, 1.807) is 10.9 Å². The highest BCUT2D eigenvalue weighted by atomic mass is 15.4. The first kappa shape index (κ1) is 7.03. The van der Waals surface area contributed by atoms with Crippen LogP contribution in [0, 0.1) is 6.92 Å². The third-order valence-corrected chi connectivity index (χ3v) is 1.72. The Morgan fingerprint density at radius 2 is 1.92 bits per heavy atom. The van der Waals surface area contributed by atoms with Crippen LogP contribution in [0.15, 0.2) is 36.7 Å². The van der Waals surface area contributed by atoms with Crippen molar-refractivity contribution < 1.29 is 0 Å². The maximum atomic E-state index is 3.88. The average molecular weight is 159 g/mol. The molecule has 3 nitrogen and oxygen atoms in total. The summed E-state index contributed by atoms with van der Waals surface area (Å²) in [4.78, 5) is 0. The van der Waals surface area contributed by atoms with E-state index in [1.165, 1.54) is 5.56 Å². The number of nitrogens with zero attached hydrogens (tertiary/aromatic N) is 3. The SMILES string of the molecule is Cc1ccc(-n2ccnn2)cc1. The van der Waals surface area contributed by atoms with Crippen molar-refractivity contribution in [2.75, 3.05) is 0 Å². The molecule has 1 aromatic carbocycles. The minimum absolute atomic E-state index is 1.04. The highest BCUT2D eigenvalue weighted by Crippen LogP contribution is 2.06. The maximum absolute atomic E-state index is 3.88. The summed E-state index contributed by atoms with van der Waals surface area (Å²) >= 11 is 0. The van der Waals surface area contributed by atoms with Gasteiger partial charge in [0.05, 0.1) is 18.1 Å². The minimum Gasteiger partial charge on any atom is -0.221 e. The van der Waals surface area contributed by atoms with Crippen molar-refractivity contribution in [3.8, 4) is 5.69 Å². The van der Waals surface area contributed by atoms with Crippen molar-refractivity contribution in [1.82, 2.24) is 15.0 Å². The maximum Gasteiger partial charge on any atom is 0.0697 e. The van der Waals surface area contributed by atoms with Gasteiger partial charge in [0.25, 0.3) is 0 Å². The highest BCUT2D eigenvalue weighted by molar-refractivity contribution is 5.32. The van der Waals surface area contributed by atoms with E-state index < -0.39 is 0 Å². The van der Waals surface area contributed by atoms with Crippen LogP contribution in [0.25, 0.3) is 5.69 Å². The Bertz CT molecular complexity index is 348. The zero-order valence-electron chi connectivity index (χ0n) is 6.81. The molecule has 0 radical (unpaired) electrons. The van der Waals surface area contributed by atoms with Gasteiger partial charge in [-0.3, -0.25) is 0 Å². The molecule has 0 saturated carbocycles. The number of rotatable bonds is 1. The zero-order chi connectivity index (χ0) is 8.39. The Balaban J connectivity index is 2.43. The molecule has 12 heavy (non-hydrogen) atoms. The standard InChI is InChI=1S/C9H9N3/c1-8-2-4-9(5-3-8)12-7-6-10-11-12/h2-7H,1H3. The van der Waals surface area contributed by atoms with E-state index in [4.69, 9.17) is 0 Å². The number of benzene rings is 1. The molecule has 2 aromatic rings. The number of aromatic nitrogens is 3. The summed E-state index contributed by atoms with van der Waals surface area (Å²) in [5.41, 5.74) is 2.29. The van der Waals surface area contributed by atoms with Crippen LogP contribution in [0.1, 0.15) is 5.56 Å². The van der Waals surface area contributed by atoms with E-state index in [0.717, 1.165) is 5.69 Å². The van der Waals surface area contributed by atoms with E-state index in [2.05, 4.69) is 29.4 Å². The minimum atomic E-state index is 1.04. The second-order valence-corrected chi connectivity index (χ2v) is 2.68. The summed E-state index contributed by atoms with van der Waals surface area (Å²) in [6.07, 6.45) is 3.49. The van der Waals surface area contributed by atoms with Gasteiger partial charge in [0.2, 0.25) is 0 Å². The molecule has 1 heterocycles. The van der Waals surface area contributed by atoms with E-state index >= 15 is 0 Å². The molecule has 60 valence electrons. The molecule has 2 rings (SSSR count). The Hall–Kier alpha value is -1.64. The van der Waals surface area contributed by atoms with Gasteiger partial charge in [0.15, 0.2) is 0 Å². The molecule has 1 aromatic heterocycles. The summed E-state index contributed by atoms with van der Waals surface area (Å²) in [6, 6.07) is 8.14. The molecule has 0 fully saturated rings. The first-order valence-corrected chi connectivity index (χ1v) is 3.79. The molecule has 0 aliphatic carbocycles. The van der Waals surface area contributed by atoms with Crippen LogP contribution in [0.4, 0.5) is 0 Å². The lowest BCUT2D eigenvalue weighted by Gasteiger charge is -1.98. The molecule has 0 aliphatic heterocycles. The number of hydrogen-bond acceptors (Lipinski definition) is 2. The molecular weight excluding hydrogens is 150 g/mol. The smallest absolute Gasteiger partial charge is 0.0697 e. The number of hydrogen-bond donors (Lipinski definition) is 0. The second-order valence-electron chi connectivity index (χ2n) is 2.68. The predicted octanol–water partition coefficient (Wildman–Crippen LogP) is 1.58. The fourth-order valence-corrected chi connectivity index (χ4v) is 1.04. The quantitative estimate of drug-likeness (QED) is 0.632. The average Bonchev–Trinajstić information content (AvgIpc) is 2.58. The topological polar surface area (TPSA) is 30.7 Å². The number of aryl methyl sites for hydroxylation is 1. The Morgan fingerprint density at radius 1 is 1.17 bits per heavy atom. The predicted molar refractivity (Wildman–Crippen MR) is 46.1 cm³/mol. The van der Waals surface area contributed by atoms with Crippen molar-refractivity contribution in [2.45, 2.75) is 6.92 Å². The summed E-state index contributed by atoms with van der Waals surface area (Å²) in [7, 11) is 0. The zero-order valence-corrected chi connectivity index (χ0v) is 6.81. The van der Waals surface area contributed by atoms with E-state index in [0.29, 0.717) is 0 Å². The Morgan fingerprint density at radius 3 is 2.50 bits per heavy atom. The van der Waals surface area contributed by atoms with Gasteiger partial charge in [0, 0.05) is 0 Å². The molecule has 0 N–H and O–H groups in total. The fourth-order valence-electron chi connectivity index (χ4n) is 1.04. The van der Waals surface area contributed by atoms with Gasteiger partial charge < -0.3 is 0 Å². The van der Waals surface area contributed by atoms with Crippen LogP contribution in [-0.2, 0) is 0 Å². The molecule has 3 heteroatoms. The third kappa shape index (κ3) is 1.21. The lowest BCUT2D eigenvalue weighted by atomic mass is 10.2. The molecular formula is C9H9N3. The molecule has 0 aliphatic rings. The molecule has 0 atom stereocenters. The molecule has 0 spiro atoms. The summed E-state index contributed by atoms with van der Waals surface area (Å²) in [5.74, 6) is 0. The Labute approximate surface area is 70.6 Å². The Kier molecular flexibility index (Phi) is 1.63. The van der Waals surface area contributed by atoms with Crippen LogP contribution in [0.2, 0.25) is 0 Å². The van der Waals surface area contributed by atoms with E-state index in [-0.39, 0.29) is 0 Å². The molecule has 0 unspecified atom stereocenters. The van der Waals surface area contributed by atoms with E-state index in [9.17, 15) is 0 Å². The van der Waals surface area contributed by atoms with Crippen molar-refractivity contribution >= 4 is 0 Å². The van der Waals surface area contributed by atoms with Gasteiger partial charge in [-0.2, -0.15) is 0 Å². The lowest BCUT2D eigenvalue weighted by molar-refractivity contribution is 0.803. The van der Waals surface area contributed by atoms with Gasteiger partial charge in [-0.05, 0) is 19.1 Å². The van der Waals surface area contributed by atoms with Crippen LogP contribution in [0.5, 0.6) is 0 Å². The first-order valence-electron chi connectivity index (χ1n) is 3.79. The van der Waals surface area contributed by atoms with Gasteiger partial charge in [0.1, 0.15) is 0 Å². The van der Waals surface area contributed by atoms with Gasteiger partial charge >= 0.3 is 0 Å². The second kappa shape index (κ2) is 2.77. The highest BCUT2D eigenvalue weighted by Gasteiger charge is 1.93. The first-order chi connectivity index (χ1) is 5.86. The fraction of sp³-hybridized carbons (Fsp3) is 0.111. The third-order valence-electron chi connectivity index (χ3n) is 1.72. The molecule has 0 amide bonds. The van der Waals surface area contributed by atoms with Gasteiger partial charge in [-0.15, -0.1) is 5.10 Å². The normalized spacial score (nSPS) is 10.1. The van der Waals surface area contributed by atoms with Crippen molar-refractivity contribution in [2.24, 2.45) is 0 Å². The van der Waals surface area contributed by atoms with Gasteiger partial charge in [-0.1, -0.05) is 22.9 Å². The summed E-state index contributed by atoms with van der Waals surface area (Å²) < 4.78 is 1.74. The van der Waals surface area contributed by atoms with Crippen molar-refractivity contribution in [1.29, 1.82) is 0 Å².